The quantitative estimate of drug-likeness (QED) is 0.276. The third-order valence-electron chi connectivity index (χ3n) is 5.70. The van der Waals surface area contributed by atoms with E-state index in [4.69, 9.17) is 16.8 Å². The van der Waals surface area contributed by atoms with Gasteiger partial charge in [0.25, 0.3) is 15.9 Å². The molecule has 202 valence electrons. The first-order chi connectivity index (χ1) is 18.0. The van der Waals surface area contributed by atoms with Crippen molar-refractivity contribution in [3.05, 3.63) is 83.4 Å². The summed E-state index contributed by atoms with van der Waals surface area (Å²) in [4.78, 5) is 24.0. The predicted molar refractivity (Wildman–Crippen MR) is 139 cm³/mol. The summed E-state index contributed by atoms with van der Waals surface area (Å²) in [5.41, 5.74) is 1.63. The number of hydrogen-bond donors (Lipinski definition) is 4. The number of nitrogens with one attached hydrogen (secondary N) is 1. The SMILES string of the molecule is NO.O=C(O)[C@@H](CCCN1C(=O)c2ccccc2S1(=O)=O)NS(=O)(=O)c1ccc(-c2ccc(Cl)cc2)cc1. The van der Waals surface area contributed by atoms with Crippen LogP contribution in [0.4, 0.5) is 0 Å². The lowest BCUT2D eigenvalue weighted by molar-refractivity contribution is -0.139. The Bertz CT molecular complexity index is 1530. The summed E-state index contributed by atoms with van der Waals surface area (Å²) < 4.78 is 53.7. The number of halogens is 1. The summed E-state index contributed by atoms with van der Waals surface area (Å²) in [7, 11) is -8.22. The summed E-state index contributed by atoms with van der Waals surface area (Å²) in [5, 5.41) is 16.6. The highest BCUT2D eigenvalue weighted by atomic mass is 35.5. The molecule has 1 aliphatic rings. The standard InChI is InChI=1S/C24H21ClN2O7S2.H3NO/c25-18-11-7-16(8-12-18)17-9-13-19(14-10-17)35(31,32)26-21(24(29)30)5-3-15-27-23(28)20-4-1-2-6-22(20)36(27,33)34;1-2/h1-2,4,6-14,21,26H,3,5,15H2,(H,29,30);2H,1H2/t21-;/m1./s1. The number of carboxylic acids is 1. The van der Waals surface area contributed by atoms with Crippen LogP contribution in [0.25, 0.3) is 11.1 Å². The maximum Gasteiger partial charge on any atom is 0.321 e. The molecule has 11 nitrogen and oxygen atoms in total. The lowest BCUT2D eigenvalue weighted by Crippen LogP contribution is -2.41. The number of sulfonamides is 2. The van der Waals surface area contributed by atoms with Crippen molar-refractivity contribution in [2.45, 2.75) is 28.7 Å². The van der Waals surface area contributed by atoms with Gasteiger partial charge in [0.1, 0.15) is 10.9 Å². The van der Waals surface area contributed by atoms with Crippen molar-refractivity contribution < 1.29 is 36.7 Å². The van der Waals surface area contributed by atoms with E-state index in [-0.39, 0.29) is 34.7 Å². The number of nitrogens with two attached hydrogens (primary N) is 1. The van der Waals surface area contributed by atoms with Gasteiger partial charge in [-0.1, -0.05) is 48.0 Å². The fourth-order valence-electron chi connectivity index (χ4n) is 3.85. The maximum absolute atomic E-state index is 12.8. The van der Waals surface area contributed by atoms with Gasteiger partial charge in [-0.3, -0.25) is 9.59 Å². The predicted octanol–water partition coefficient (Wildman–Crippen LogP) is 2.70. The smallest absolute Gasteiger partial charge is 0.321 e. The van der Waals surface area contributed by atoms with E-state index >= 15 is 0 Å². The Hall–Kier alpha value is -3.33. The van der Waals surface area contributed by atoms with Crippen molar-refractivity contribution in [1.82, 2.24) is 9.03 Å². The highest BCUT2D eigenvalue weighted by molar-refractivity contribution is 7.90. The van der Waals surface area contributed by atoms with E-state index in [1.807, 2.05) is 0 Å². The van der Waals surface area contributed by atoms with Crippen LogP contribution in [-0.2, 0) is 24.8 Å². The van der Waals surface area contributed by atoms with Gasteiger partial charge in [0.05, 0.1) is 10.5 Å². The second-order valence-electron chi connectivity index (χ2n) is 8.06. The number of carbonyl (C=O) groups excluding carboxylic acids is 1. The van der Waals surface area contributed by atoms with Crippen molar-refractivity contribution in [3.63, 3.8) is 0 Å². The second kappa shape index (κ2) is 12.0. The Balaban J connectivity index is 0.00000195. The minimum atomic E-state index is -4.19. The normalized spacial score (nSPS) is 14.8. The lowest BCUT2D eigenvalue weighted by atomic mass is 10.1. The average molecular weight is 582 g/mol. The first-order valence-electron chi connectivity index (χ1n) is 11.0. The Morgan fingerprint density at radius 2 is 1.53 bits per heavy atom. The molecule has 3 aromatic carbocycles. The fourth-order valence-corrected chi connectivity index (χ4v) is 6.81. The first kappa shape index (κ1) is 29.2. The third-order valence-corrected chi connectivity index (χ3v) is 9.28. The van der Waals surface area contributed by atoms with E-state index in [1.54, 1.807) is 42.5 Å². The molecule has 3 aromatic rings. The van der Waals surface area contributed by atoms with Crippen LogP contribution in [0.3, 0.4) is 0 Å². The molecular weight excluding hydrogens is 558 g/mol. The van der Waals surface area contributed by atoms with Crippen molar-refractivity contribution in [1.29, 1.82) is 0 Å². The van der Waals surface area contributed by atoms with Crippen molar-refractivity contribution in [2.24, 2.45) is 5.90 Å². The van der Waals surface area contributed by atoms with Gasteiger partial charge in [-0.15, -0.1) is 0 Å². The molecule has 0 fully saturated rings. The minimum Gasteiger partial charge on any atom is -0.480 e. The van der Waals surface area contributed by atoms with E-state index in [0.717, 1.165) is 11.1 Å². The van der Waals surface area contributed by atoms with Gasteiger partial charge >= 0.3 is 5.97 Å². The van der Waals surface area contributed by atoms with Crippen LogP contribution in [0, 0.1) is 0 Å². The summed E-state index contributed by atoms with van der Waals surface area (Å²) >= 11 is 5.89. The molecule has 1 heterocycles. The third kappa shape index (κ3) is 6.20. The minimum absolute atomic E-state index is 0.0510. The van der Waals surface area contributed by atoms with Gasteiger partial charge in [-0.2, -0.15) is 4.72 Å². The van der Waals surface area contributed by atoms with Gasteiger partial charge in [0, 0.05) is 11.6 Å². The summed E-state index contributed by atoms with van der Waals surface area (Å²) in [6, 6.07) is 17.2. The lowest BCUT2D eigenvalue weighted by Gasteiger charge is -2.18. The molecule has 4 rings (SSSR count). The number of amides is 1. The van der Waals surface area contributed by atoms with Crippen LogP contribution in [0.5, 0.6) is 0 Å². The molecule has 0 aromatic heterocycles. The van der Waals surface area contributed by atoms with E-state index in [0.29, 0.717) is 9.33 Å². The molecule has 1 aliphatic heterocycles. The molecule has 1 amide bonds. The zero-order valence-corrected chi connectivity index (χ0v) is 22.1. The number of hydrogen-bond acceptors (Lipinski definition) is 8. The maximum atomic E-state index is 12.8. The van der Waals surface area contributed by atoms with Crippen molar-refractivity contribution >= 4 is 43.5 Å². The zero-order valence-electron chi connectivity index (χ0n) is 19.7. The van der Waals surface area contributed by atoms with E-state index in [2.05, 4.69) is 10.6 Å². The first-order valence-corrected chi connectivity index (χ1v) is 14.3. The number of carbonyl (C=O) groups is 2. The fraction of sp³-hybridized carbons (Fsp3) is 0.167. The molecule has 0 spiro atoms. The van der Waals surface area contributed by atoms with E-state index in [9.17, 15) is 31.5 Å². The molecule has 0 saturated heterocycles. The molecule has 38 heavy (non-hydrogen) atoms. The van der Waals surface area contributed by atoms with Gasteiger partial charge < -0.3 is 10.3 Å². The topological polar surface area (TPSA) is 184 Å². The van der Waals surface area contributed by atoms with Crippen LogP contribution < -0.4 is 10.6 Å². The Labute approximate surface area is 224 Å². The van der Waals surface area contributed by atoms with E-state index < -0.39 is 38.0 Å². The molecule has 14 heteroatoms. The summed E-state index contributed by atoms with van der Waals surface area (Å²) in [6.07, 6.45) is -0.291. The Morgan fingerprint density at radius 3 is 2.08 bits per heavy atom. The molecule has 5 N–H and O–H groups in total. The highest BCUT2D eigenvalue weighted by Gasteiger charge is 2.40. The largest absolute Gasteiger partial charge is 0.480 e. The van der Waals surface area contributed by atoms with Crippen molar-refractivity contribution in [3.8, 4) is 11.1 Å². The van der Waals surface area contributed by atoms with Crippen LogP contribution in [-0.4, -0.2) is 55.9 Å². The average Bonchev–Trinajstić information content (AvgIpc) is 3.10. The van der Waals surface area contributed by atoms with E-state index in [1.165, 1.54) is 30.3 Å². The number of nitrogens with zero attached hydrogens (tertiary/aromatic N) is 1. The van der Waals surface area contributed by atoms with Gasteiger partial charge in [-0.25, -0.2) is 27.0 Å². The summed E-state index contributed by atoms with van der Waals surface area (Å²) in [5.74, 6) is 1.38. The van der Waals surface area contributed by atoms with Crippen LogP contribution in [0.1, 0.15) is 23.2 Å². The molecule has 0 radical (unpaired) electrons. The number of fused-ring (bicyclic) bond motifs is 1. The Kier molecular flexibility index (Phi) is 9.25. The Morgan fingerprint density at radius 1 is 0.974 bits per heavy atom. The number of rotatable bonds is 9. The molecule has 0 saturated carbocycles. The van der Waals surface area contributed by atoms with Crippen LogP contribution in [0.15, 0.2) is 82.6 Å². The van der Waals surface area contributed by atoms with Gasteiger partial charge in [-0.05, 0) is 60.4 Å². The molecule has 1 atom stereocenters. The zero-order chi connectivity index (χ0) is 28.1. The monoisotopic (exact) mass is 581 g/mol. The van der Waals surface area contributed by atoms with Gasteiger partial charge in [0.15, 0.2) is 0 Å². The van der Waals surface area contributed by atoms with Crippen LogP contribution in [0.2, 0.25) is 5.02 Å². The van der Waals surface area contributed by atoms with Crippen molar-refractivity contribution in [2.75, 3.05) is 6.54 Å². The number of benzene rings is 3. The number of carboxylic acid groups (broad SMARTS) is 1. The number of aliphatic carboxylic acids is 1. The highest BCUT2D eigenvalue weighted by Crippen LogP contribution is 2.30. The molecule has 0 aliphatic carbocycles. The second-order valence-corrected chi connectivity index (χ2v) is 12.0. The van der Waals surface area contributed by atoms with Gasteiger partial charge in [0.2, 0.25) is 10.0 Å². The molecular formula is C24H24ClN3O8S2. The summed E-state index contributed by atoms with van der Waals surface area (Å²) in [6.45, 7) is -0.281. The molecule has 0 bridgehead atoms. The van der Waals surface area contributed by atoms with Crippen LogP contribution >= 0.6 is 11.6 Å². The molecule has 0 unspecified atom stereocenters.